The van der Waals surface area contributed by atoms with E-state index in [1.54, 1.807) is 0 Å². The van der Waals surface area contributed by atoms with E-state index in [1.807, 2.05) is 0 Å². The molecule has 0 amide bonds. The number of rotatable bonds is 6. The molecule has 3 aromatic rings. The van der Waals surface area contributed by atoms with Crippen LogP contribution in [0.5, 0.6) is 0 Å². The highest BCUT2D eigenvalue weighted by molar-refractivity contribution is 6.31. The molecule has 34 heavy (non-hydrogen) atoms. The molecule has 6 nitrogen and oxygen atoms in total. The van der Waals surface area contributed by atoms with Gasteiger partial charge in [-0.1, -0.05) is 35.3 Å². The molecule has 1 aliphatic rings. The number of carbonyl (C=O) groups excluding carboxylic acids is 1. The second-order valence-corrected chi connectivity index (χ2v) is 8.91. The number of hydrogen-bond donors (Lipinski definition) is 2. The maximum Gasteiger partial charge on any atom is 0.424 e. The fraction of sp³-hybridized carbons (Fsp3) is 0.348. The van der Waals surface area contributed by atoms with Crippen LogP contribution >= 0.6 is 11.6 Å². The van der Waals surface area contributed by atoms with E-state index < -0.39 is 46.4 Å². The van der Waals surface area contributed by atoms with Crippen LogP contribution in [0.3, 0.4) is 0 Å². The summed E-state index contributed by atoms with van der Waals surface area (Å²) >= 11 is 6.13. The molecule has 1 heterocycles. The zero-order chi connectivity index (χ0) is 24.9. The van der Waals surface area contributed by atoms with Gasteiger partial charge < -0.3 is 15.4 Å². The Morgan fingerprint density at radius 1 is 1.18 bits per heavy atom. The average Bonchev–Trinajstić information content (AvgIpc) is 2.75. The molecule has 1 aliphatic carbocycles. The number of aromatic nitrogens is 1. The summed E-state index contributed by atoms with van der Waals surface area (Å²) in [4.78, 5) is 25.1. The number of aliphatic hydroxyl groups is 1. The maximum atomic E-state index is 14.3. The van der Waals surface area contributed by atoms with Gasteiger partial charge in [0.1, 0.15) is 11.5 Å². The van der Waals surface area contributed by atoms with Crippen LogP contribution in [0.25, 0.3) is 10.8 Å². The molecule has 0 spiro atoms. The lowest BCUT2D eigenvalue weighted by molar-refractivity contribution is -0.245. The van der Waals surface area contributed by atoms with E-state index in [0.29, 0.717) is 6.42 Å². The Kier molecular flexibility index (Phi) is 6.03. The van der Waals surface area contributed by atoms with E-state index >= 15 is 0 Å². The van der Waals surface area contributed by atoms with Gasteiger partial charge in [-0.3, -0.25) is 4.79 Å². The summed E-state index contributed by atoms with van der Waals surface area (Å²) < 4.78 is 61.0. The van der Waals surface area contributed by atoms with Gasteiger partial charge in [0.05, 0.1) is 5.39 Å². The normalized spacial score (nSPS) is 17.3. The van der Waals surface area contributed by atoms with E-state index in [0.717, 1.165) is 30.3 Å². The van der Waals surface area contributed by atoms with Crippen molar-refractivity contribution in [2.24, 2.45) is 5.73 Å². The molecule has 11 heteroatoms. The SMILES string of the molecule is NCc1noc(=O)c2ccc(C(=O)C(O)(CC3(c4ccc(F)cc4Cl)CCC3)C(F)(F)F)cc12. The van der Waals surface area contributed by atoms with Crippen molar-refractivity contribution in [3.8, 4) is 0 Å². The summed E-state index contributed by atoms with van der Waals surface area (Å²) in [5.74, 6) is -2.25. The first kappa shape index (κ1) is 24.3. The fourth-order valence-electron chi connectivity index (χ4n) is 4.55. The smallest absolute Gasteiger partial charge is 0.374 e. The lowest BCUT2D eigenvalue weighted by Crippen LogP contribution is -2.57. The topological polar surface area (TPSA) is 106 Å². The van der Waals surface area contributed by atoms with Gasteiger partial charge in [-0.25, -0.2) is 9.18 Å². The number of fused-ring (bicyclic) bond motifs is 1. The Morgan fingerprint density at radius 2 is 1.88 bits per heavy atom. The number of carbonyl (C=O) groups is 1. The summed E-state index contributed by atoms with van der Waals surface area (Å²) in [5.41, 5.74) is -0.499. The van der Waals surface area contributed by atoms with Crippen LogP contribution in [-0.2, 0) is 12.0 Å². The predicted molar refractivity (Wildman–Crippen MR) is 115 cm³/mol. The zero-order valence-electron chi connectivity index (χ0n) is 17.6. The molecule has 1 atom stereocenters. The molecule has 0 saturated heterocycles. The maximum absolute atomic E-state index is 14.3. The van der Waals surface area contributed by atoms with Crippen LogP contribution in [0.15, 0.2) is 45.7 Å². The standard InChI is InChI=1S/C23H19ClF4N2O4/c24-17-9-13(25)3-5-16(17)21(6-1-7-21)11-22(33,23(26,27)28)19(31)12-2-4-14-15(8-12)18(10-29)30-34-20(14)32/h2-5,8-9,33H,1,6-7,10-11,29H2. The first-order valence-electron chi connectivity index (χ1n) is 10.3. The van der Waals surface area contributed by atoms with Gasteiger partial charge in [0.15, 0.2) is 0 Å². The van der Waals surface area contributed by atoms with Crippen molar-refractivity contribution in [2.75, 3.05) is 0 Å². The number of benzene rings is 2. The van der Waals surface area contributed by atoms with E-state index in [2.05, 4.69) is 9.68 Å². The van der Waals surface area contributed by atoms with E-state index in [1.165, 1.54) is 6.07 Å². The minimum atomic E-state index is -5.33. The van der Waals surface area contributed by atoms with Crippen molar-refractivity contribution >= 4 is 28.2 Å². The van der Waals surface area contributed by atoms with Gasteiger partial charge in [0, 0.05) is 34.4 Å². The number of ketones is 1. The van der Waals surface area contributed by atoms with Crippen LogP contribution < -0.4 is 11.4 Å². The number of halogens is 5. The number of Topliss-reactive ketones (excluding diaryl/α,β-unsaturated/α-hetero) is 1. The summed E-state index contributed by atoms with van der Waals surface area (Å²) in [6.07, 6.45) is -5.33. The van der Waals surface area contributed by atoms with Crippen LogP contribution in [-0.4, -0.2) is 27.8 Å². The van der Waals surface area contributed by atoms with Gasteiger partial charge in [0.2, 0.25) is 11.4 Å². The van der Waals surface area contributed by atoms with Crippen molar-refractivity contribution in [1.82, 2.24) is 5.16 Å². The van der Waals surface area contributed by atoms with Gasteiger partial charge in [-0.05, 0) is 42.7 Å². The van der Waals surface area contributed by atoms with Gasteiger partial charge in [-0.2, -0.15) is 13.2 Å². The van der Waals surface area contributed by atoms with Crippen molar-refractivity contribution in [3.05, 3.63) is 74.5 Å². The molecule has 1 unspecified atom stereocenters. The molecule has 1 saturated carbocycles. The van der Waals surface area contributed by atoms with E-state index in [4.69, 9.17) is 17.3 Å². The molecule has 0 bridgehead atoms. The van der Waals surface area contributed by atoms with Crippen LogP contribution in [0.1, 0.15) is 47.3 Å². The zero-order valence-corrected chi connectivity index (χ0v) is 18.3. The van der Waals surface area contributed by atoms with E-state index in [-0.39, 0.29) is 46.4 Å². The van der Waals surface area contributed by atoms with Gasteiger partial charge in [-0.15, -0.1) is 0 Å². The first-order valence-corrected chi connectivity index (χ1v) is 10.7. The second-order valence-electron chi connectivity index (χ2n) is 8.50. The number of nitrogens with two attached hydrogens (primary N) is 1. The van der Waals surface area contributed by atoms with E-state index in [9.17, 15) is 32.3 Å². The molecule has 1 aromatic heterocycles. The number of alkyl halides is 3. The molecule has 3 N–H and O–H groups in total. The molecule has 1 fully saturated rings. The number of hydrogen-bond acceptors (Lipinski definition) is 6. The monoisotopic (exact) mass is 498 g/mol. The number of nitrogens with zero attached hydrogens (tertiary/aromatic N) is 1. The van der Waals surface area contributed by atoms with Crippen molar-refractivity contribution < 1.29 is 32.0 Å². The predicted octanol–water partition coefficient (Wildman–Crippen LogP) is 4.43. The highest BCUT2D eigenvalue weighted by Gasteiger charge is 2.63. The van der Waals surface area contributed by atoms with Crippen LogP contribution in [0, 0.1) is 5.82 Å². The summed E-state index contributed by atoms with van der Waals surface area (Å²) in [6, 6.07) is 6.53. The summed E-state index contributed by atoms with van der Waals surface area (Å²) in [6.45, 7) is -0.201. The molecular weight excluding hydrogens is 480 g/mol. The van der Waals surface area contributed by atoms with Crippen molar-refractivity contribution in [2.45, 2.75) is 49.4 Å². The Hall–Kier alpha value is -2.82. The highest BCUT2D eigenvalue weighted by Crippen LogP contribution is 2.54. The largest absolute Gasteiger partial charge is 0.424 e. The quantitative estimate of drug-likeness (QED) is 0.385. The highest BCUT2D eigenvalue weighted by atomic mass is 35.5. The third-order valence-corrected chi connectivity index (χ3v) is 6.81. The fourth-order valence-corrected chi connectivity index (χ4v) is 4.91. The minimum Gasteiger partial charge on any atom is -0.374 e. The van der Waals surface area contributed by atoms with Gasteiger partial charge >= 0.3 is 11.8 Å². The van der Waals surface area contributed by atoms with Crippen molar-refractivity contribution in [3.63, 3.8) is 0 Å². The molecular formula is C23H19ClF4N2O4. The first-order chi connectivity index (χ1) is 15.9. The molecule has 0 aliphatic heterocycles. The Morgan fingerprint density at radius 3 is 2.44 bits per heavy atom. The molecule has 180 valence electrons. The summed E-state index contributed by atoms with van der Waals surface area (Å²) in [5, 5.41) is 14.4. The molecule has 0 radical (unpaired) electrons. The third kappa shape index (κ3) is 3.89. The molecule has 2 aromatic carbocycles. The van der Waals surface area contributed by atoms with Crippen LogP contribution in [0.4, 0.5) is 17.6 Å². The Balaban J connectivity index is 1.82. The van der Waals surface area contributed by atoms with Gasteiger partial charge in [0.25, 0.3) is 0 Å². The lowest BCUT2D eigenvalue weighted by atomic mass is 9.58. The minimum absolute atomic E-state index is 0.0175. The lowest BCUT2D eigenvalue weighted by Gasteiger charge is -2.47. The Bertz CT molecular complexity index is 1340. The van der Waals surface area contributed by atoms with Crippen LogP contribution in [0.2, 0.25) is 5.02 Å². The summed E-state index contributed by atoms with van der Waals surface area (Å²) in [7, 11) is 0. The Labute approximate surface area is 195 Å². The second kappa shape index (κ2) is 8.44. The van der Waals surface area contributed by atoms with Crippen molar-refractivity contribution in [1.29, 1.82) is 0 Å². The molecule has 4 rings (SSSR count). The average molecular weight is 499 g/mol. The third-order valence-electron chi connectivity index (χ3n) is 6.50.